The van der Waals surface area contributed by atoms with E-state index in [4.69, 9.17) is 9.15 Å². The molecule has 1 unspecified atom stereocenters. The monoisotopic (exact) mass is 421 g/mol. The molecule has 1 amide bonds. The minimum atomic E-state index is -1.04. The molecule has 158 valence electrons. The quantitative estimate of drug-likeness (QED) is 0.365. The molecule has 1 aliphatic rings. The third-order valence-electron chi connectivity index (χ3n) is 5.09. The molecule has 1 atom stereocenters. The zero-order valence-corrected chi connectivity index (χ0v) is 17.0. The molecule has 0 bridgehead atoms. The summed E-state index contributed by atoms with van der Waals surface area (Å²) in [6.07, 6.45) is 1.40. The van der Waals surface area contributed by atoms with Crippen LogP contribution >= 0.6 is 0 Å². The first kappa shape index (κ1) is 20.4. The molecule has 3 aromatic rings. The van der Waals surface area contributed by atoms with Crippen LogP contribution in [0.25, 0.3) is 5.76 Å². The van der Waals surface area contributed by atoms with E-state index >= 15 is 0 Å². The summed E-state index contributed by atoms with van der Waals surface area (Å²) in [7, 11) is 0. The van der Waals surface area contributed by atoms with E-state index in [2.05, 4.69) is 0 Å². The molecule has 4 rings (SSSR count). The normalized spacial score (nSPS) is 17.9. The third kappa shape index (κ3) is 3.59. The number of nitrogens with zero attached hydrogens (tertiary/aromatic N) is 1. The summed E-state index contributed by atoms with van der Waals surface area (Å²) in [6.45, 7) is 4.17. The summed E-state index contributed by atoms with van der Waals surface area (Å²) in [5.41, 5.74) is 1.17. The number of aliphatic hydroxyl groups is 1. The van der Waals surface area contributed by atoms with Crippen LogP contribution in [0.15, 0.2) is 70.9 Å². The van der Waals surface area contributed by atoms with Gasteiger partial charge < -0.3 is 14.3 Å². The SMILES string of the molecule is CCOc1ccc(/C(O)=C2/C(=O)C(=O)N(c3cccc(F)c3)C2c2ccco2)cc1C. The van der Waals surface area contributed by atoms with Gasteiger partial charge in [-0.2, -0.15) is 0 Å². The molecule has 0 radical (unpaired) electrons. The Morgan fingerprint density at radius 1 is 1.16 bits per heavy atom. The van der Waals surface area contributed by atoms with Crippen LogP contribution in [-0.4, -0.2) is 23.4 Å². The lowest BCUT2D eigenvalue weighted by Gasteiger charge is -2.23. The highest BCUT2D eigenvalue weighted by Crippen LogP contribution is 2.42. The molecule has 1 fully saturated rings. The minimum absolute atomic E-state index is 0.132. The van der Waals surface area contributed by atoms with Gasteiger partial charge in [-0.05, 0) is 67.9 Å². The average molecular weight is 421 g/mol. The Bertz CT molecular complexity index is 1180. The number of halogens is 1. The van der Waals surface area contributed by atoms with E-state index in [-0.39, 0.29) is 22.8 Å². The maximum absolute atomic E-state index is 13.9. The minimum Gasteiger partial charge on any atom is -0.507 e. The maximum atomic E-state index is 13.9. The lowest BCUT2D eigenvalue weighted by Crippen LogP contribution is -2.29. The fourth-order valence-electron chi connectivity index (χ4n) is 3.71. The van der Waals surface area contributed by atoms with Gasteiger partial charge >= 0.3 is 0 Å². The van der Waals surface area contributed by atoms with Crippen molar-refractivity contribution < 1.29 is 28.2 Å². The molecule has 0 saturated carbocycles. The summed E-state index contributed by atoms with van der Waals surface area (Å²) in [5, 5.41) is 11.1. The number of Topliss-reactive ketones (excluding diaryl/α,β-unsaturated/α-hetero) is 1. The Morgan fingerprint density at radius 2 is 1.97 bits per heavy atom. The number of aliphatic hydroxyl groups excluding tert-OH is 1. The molecule has 2 heterocycles. The molecule has 1 saturated heterocycles. The molecular formula is C24H20FNO5. The van der Waals surface area contributed by atoms with Gasteiger partial charge in [0.05, 0.1) is 18.4 Å². The summed E-state index contributed by atoms with van der Waals surface area (Å²) in [6, 6.07) is 12.5. The lowest BCUT2D eigenvalue weighted by atomic mass is 9.98. The predicted octanol–water partition coefficient (Wildman–Crippen LogP) is 4.75. The van der Waals surface area contributed by atoms with Crippen LogP contribution < -0.4 is 9.64 Å². The fourth-order valence-corrected chi connectivity index (χ4v) is 3.71. The highest BCUT2D eigenvalue weighted by molar-refractivity contribution is 6.51. The second-order valence-electron chi connectivity index (χ2n) is 7.08. The Kier molecular flexibility index (Phi) is 5.33. The molecule has 1 aromatic heterocycles. The molecule has 1 aliphatic heterocycles. The van der Waals surface area contributed by atoms with Gasteiger partial charge in [0.25, 0.3) is 11.7 Å². The summed E-state index contributed by atoms with van der Waals surface area (Å²) >= 11 is 0. The van der Waals surface area contributed by atoms with Crippen molar-refractivity contribution in [2.24, 2.45) is 0 Å². The second kappa shape index (κ2) is 8.10. The number of carbonyl (C=O) groups excluding carboxylic acids is 2. The molecule has 0 spiro atoms. The number of anilines is 1. The zero-order chi connectivity index (χ0) is 22.1. The van der Waals surface area contributed by atoms with Crippen LogP contribution in [0.2, 0.25) is 0 Å². The average Bonchev–Trinajstić information content (AvgIpc) is 3.36. The van der Waals surface area contributed by atoms with Gasteiger partial charge in [0, 0.05) is 11.3 Å². The maximum Gasteiger partial charge on any atom is 0.300 e. The number of hydrogen-bond donors (Lipinski definition) is 1. The number of furan rings is 1. The van der Waals surface area contributed by atoms with Crippen molar-refractivity contribution in [3.63, 3.8) is 0 Å². The molecule has 7 heteroatoms. The van der Waals surface area contributed by atoms with Crippen molar-refractivity contribution in [1.29, 1.82) is 0 Å². The van der Waals surface area contributed by atoms with E-state index in [0.717, 1.165) is 16.5 Å². The number of ether oxygens (including phenoxy) is 1. The van der Waals surface area contributed by atoms with Crippen molar-refractivity contribution in [2.45, 2.75) is 19.9 Å². The predicted molar refractivity (Wildman–Crippen MR) is 112 cm³/mol. The van der Waals surface area contributed by atoms with E-state index in [9.17, 15) is 19.1 Å². The van der Waals surface area contributed by atoms with Crippen molar-refractivity contribution >= 4 is 23.1 Å². The Morgan fingerprint density at radius 3 is 2.61 bits per heavy atom. The van der Waals surface area contributed by atoms with Crippen LogP contribution in [0.5, 0.6) is 5.75 Å². The van der Waals surface area contributed by atoms with Crippen LogP contribution in [-0.2, 0) is 9.59 Å². The van der Waals surface area contributed by atoms with E-state index in [0.29, 0.717) is 17.9 Å². The number of carbonyl (C=O) groups is 2. The van der Waals surface area contributed by atoms with E-state index < -0.39 is 23.5 Å². The first-order valence-electron chi connectivity index (χ1n) is 9.76. The number of rotatable bonds is 5. The van der Waals surface area contributed by atoms with Gasteiger partial charge in [-0.3, -0.25) is 14.5 Å². The summed E-state index contributed by atoms with van der Waals surface area (Å²) in [5.74, 6) is -1.73. The highest BCUT2D eigenvalue weighted by atomic mass is 19.1. The smallest absolute Gasteiger partial charge is 0.300 e. The van der Waals surface area contributed by atoms with Gasteiger partial charge in [0.15, 0.2) is 0 Å². The van der Waals surface area contributed by atoms with Gasteiger partial charge in [-0.1, -0.05) is 6.07 Å². The lowest BCUT2D eigenvalue weighted by molar-refractivity contribution is -0.132. The van der Waals surface area contributed by atoms with Crippen molar-refractivity contribution in [2.75, 3.05) is 11.5 Å². The Labute approximate surface area is 178 Å². The number of amides is 1. The van der Waals surface area contributed by atoms with Crippen LogP contribution in [0.3, 0.4) is 0 Å². The Balaban J connectivity index is 1.88. The van der Waals surface area contributed by atoms with Crippen LogP contribution in [0.4, 0.5) is 10.1 Å². The first-order chi connectivity index (χ1) is 14.9. The van der Waals surface area contributed by atoms with Crippen LogP contribution in [0.1, 0.15) is 29.9 Å². The first-order valence-corrected chi connectivity index (χ1v) is 9.76. The third-order valence-corrected chi connectivity index (χ3v) is 5.09. The van der Waals surface area contributed by atoms with E-state index in [1.165, 1.54) is 24.5 Å². The molecule has 1 N–H and O–H groups in total. The van der Waals surface area contributed by atoms with E-state index in [1.54, 1.807) is 30.3 Å². The number of benzene rings is 2. The molecule has 6 nitrogen and oxygen atoms in total. The van der Waals surface area contributed by atoms with Crippen molar-refractivity contribution in [3.8, 4) is 5.75 Å². The number of hydrogen-bond acceptors (Lipinski definition) is 5. The van der Waals surface area contributed by atoms with Crippen LogP contribution in [0, 0.1) is 12.7 Å². The largest absolute Gasteiger partial charge is 0.507 e. The topological polar surface area (TPSA) is 80.0 Å². The van der Waals surface area contributed by atoms with Gasteiger partial charge in [-0.15, -0.1) is 0 Å². The number of aryl methyl sites for hydroxylation is 1. The van der Waals surface area contributed by atoms with Gasteiger partial charge in [0.1, 0.15) is 29.1 Å². The van der Waals surface area contributed by atoms with E-state index in [1.807, 2.05) is 13.8 Å². The second-order valence-corrected chi connectivity index (χ2v) is 7.08. The molecular weight excluding hydrogens is 401 g/mol. The fraction of sp³-hybridized carbons (Fsp3) is 0.167. The summed E-state index contributed by atoms with van der Waals surface area (Å²) in [4.78, 5) is 27.0. The van der Waals surface area contributed by atoms with Crippen molar-refractivity contribution in [1.82, 2.24) is 0 Å². The van der Waals surface area contributed by atoms with Gasteiger partial charge in [0.2, 0.25) is 0 Å². The standard InChI is InChI=1S/C24H20FNO5/c1-3-30-18-10-9-15(12-14(18)2)22(27)20-21(19-8-5-11-31-19)26(24(29)23(20)28)17-7-4-6-16(25)13-17/h4-13,21,27H,3H2,1-2H3/b22-20-. The highest BCUT2D eigenvalue weighted by Gasteiger charge is 2.48. The summed E-state index contributed by atoms with van der Waals surface area (Å²) < 4.78 is 24.9. The Hall–Kier alpha value is -3.87. The number of ketones is 1. The van der Waals surface area contributed by atoms with Crippen molar-refractivity contribution in [3.05, 3.63) is 89.1 Å². The van der Waals surface area contributed by atoms with Gasteiger partial charge in [-0.25, -0.2) is 4.39 Å². The molecule has 2 aromatic carbocycles. The zero-order valence-electron chi connectivity index (χ0n) is 17.0. The molecule has 0 aliphatic carbocycles. The molecule has 31 heavy (non-hydrogen) atoms.